The molecule has 2 aromatic rings. The molecule has 4 heteroatoms. The van der Waals surface area contributed by atoms with E-state index >= 15 is 0 Å². The molecule has 2 rings (SSSR count). The second-order valence-electron chi connectivity index (χ2n) is 3.80. The van der Waals surface area contributed by atoms with Gasteiger partial charge in [-0.25, -0.2) is 0 Å². The van der Waals surface area contributed by atoms with Gasteiger partial charge in [-0.05, 0) is 31.2 Å². The van der Waals surface area contributed by atoms with E-state index in [9.17, 15) is 4.79 Å². The van der Waals surface area contributed by atoms with Crippen molar-refractivity contribution < 1.29 is 9.53 Å². The highest BCUT2D eigenvalue weighted by molar-refractivity contribution is 6.12. The molecule has 1 aromatic carbocycles. The van der Waals surface area contributed by atoms with Crippen LogP contribution in [0.5, 0.6) is 5.75 Å². The van der Waals surface area contributed by atoms with Crippen LogP contribution in [0.4, 0.5) is 5.69 Å². The summed E-state index contributed by atoms with van der Waals surface area (Å²) < 4.78 is 5.04. The minimum absolute atomic E-state index is 0.0797. The van der Waals surface area contributed by atoms with Crippen LogP contribution in [0, 0.1) is 6.92 Å². The fraction of sp³-hybridized carbons (Fsp3) is 0.154. The number of ether oxygens (including phenoxy) is 1. The van der Waals surface area contributed by atoms with E-state index in [0.717, 1.165) is 11.4 Å². The first-order chi connectivity index (χ1) is 8.13. The summed E-state index contributed by atoms with van der Waals surface area (Å²) in [5.41, 5.74) is 8.15. The summed E-state index contributed by atoms with van der Waals surface area (Å²) in [6.07, 6.45) is 1.63. The van der Waals surface area contributed by atoms with E-state index in [1.165, 1.54) is 0 Å². The molecular formula is C13H14N2O2. The zero-order valence-corrected chi connectivity index (χ0v) is 9.78. The summed E-state index contributed by atoms with van der Waals surface area (Å²) in [6.45, 7) is 1.83. The molecular weight excluding hydrogens is 216 g/mol. The Bertz CT molecular complexity index is 522. The number of aryl methyl sites for hydroxylation is 1. The highest BCUT2D eigenvalue weighted by Crippen LogP contribution is 2.21. The summed E-state index contributed by atoms with van der Waals surface area (Å²) in [5, 5.41) is 0. The van der Waals surface area contributed by atoms with Crippen LogP contribution in [-0.2, 0) is 0 Å². The monoisotopic (exact) mass is 230 g/mol. The van der Waals surface area contributed by atoms with Crippen molar-refractivity contribution in [2.75, 3.05) is 12.8 Å². The van der Waals surface area contributed by atoms with Crippen molar-refractivity contribution in [1.29, 1.82) is 0 Å². The Morgan fingerprint density at radius 2 is 1.94 bits per heavy atom. The predicted octanol–water partition coefficient (Wildman–Crippen LogP) is 2.14. The Hall–Kier alpha value is -2.23. The van der Waals surface area contributed by atoms with Gasteiger partial charge >= 0.3 is 0 Å². The molecule has 0 aliphatic heterocycles. The summed E-state index contributed by atoms with van der Waals surface area (Å²) in [7, 11) is 1.59. The second kappa shape index (κ2) is 4.33. The molecule has 0 spiro atoms. The molecule has 4 nitrogen and oxygen atoms in total. The minimum atomic E-state index is -0.0797. The van der Waals surface area contributed by atoms with E-state index in [-0.39, 0.29) is 5.78 Å². The van der Waals surface area contributed by atoms with E-state index in [1.807, 2.05) is 6.92 Å². The van der Waals surface area contributed by atoms with Gasteiger partial charge in [0.25, 0.3) is 0 Å². The molecule has 1 aromatic heterocycles. The fourth-order valence-corrected chi connectivity index (χ4v) is 1.73. The number of H-pyrrole nitrogens is 1. The molecule has 0 unspecified atom stereocenters. The number of nitrogens with one attached hydrogen (secondary N) is 1. The number of carbonyl (C=O) groups is 1. The molecule has 0 atom stereocenters. The van der Waals surface area contributed by atoms with Crippen molar-refractivity contribution in [3.63, 3.8) is 0 Å². The summed E-state index contributed by atoms with van der Waals surface area (Å²) in [4.78, 5) is 15.1. The zero-order chi connectivity index (χ0) is 12.4. The predicted molar refractivity (Wildman–Crippen MR) is 66.4 cm³/mol. The molecule has 0 saturated carbocycles. The van der Waals surface area contributed by atoms with Crippen molar-refractivity contribution in [2.24, 2.45) is 0 Å². The van der Waals surface area contributed by atoms with Crippen LogP contribution in [0.2, 0.25) is 0 Å². The SMILES string of the molecule is COc1ccc(C(=O)c2c(N)c[nH]c2C)cc1. The van der Waals surface area contributed by atoms with Gasteiger partial charge in [-0.3, -0.25) is 4.79 Å². The van der Waals surface area contributed by atoms with E-state index in [4.69, 9.17) is 10.5 Å². The molecule has 3 N–H and O–H groups in total. The van der Waals surface area contributed by atoms with Crippen LogP contribution < -0.4 is 10.5 Å². The summed E-state index contributed by atoms with van der Waals surface area (Å²) in [5.74, 6) is 0.643. The third-order valence-electron chi connectivity index (χ3n) is 2.69. The number of ketones is 1. The first-order valence-electron chi connectivity index (χ1n) is 5.25. The number of anilines is 1. The number of carbonyl (C=O) groups excluding carboxylic acids is 1. The van der Waals surface area contributed by atoms with Gasteiger partial charge in [-0.1, -0.05) is 0 Å². The smallest absolute Gasteiger partial charge is 0.196 e. The largest absolute Gasteiger partial charge is 0.497 e. The fourth-order valence-electron chi connectivity index (χ4n) is 1.73. The number of methoxy groups -OCH3 is 1. The lowest BCUT2D eigenvalue weighted by Gasteiger charge is -2.03. The van der Waals surface area contributed by atoms with Crippen molar-refractivity contribution in [3.05, 3.63) is 47.3 Å². The quantitative estimate of drug-likeness (QED) is 0.794. The molecule has 88 valence electrons. The molecule has 0 amide bonds. The Morgan fingerprint density at radius 1 is 1.29 bits per heavy atom. The number of benzene rings is 1. The lowest BCUT2D eigenvalue weighted by atomic mass is 10.0. The summed E-state index contributed by atoms with van der Waals surface area (Å²) in [6, 6.07) is 6.97. The highest BCUT2D eigenvalue weighted by Gasteiger charge is 2.16. The molecule has 0 aliphatic rings. The number of nitrogen functional groups attached to an aromatic ring is 1. The minimum Gasteiger partial charge on any atom is -0.497 e. The van der Waals surface area contributed by atoms with E-state index in [2.05, 4.69) is 4.98 Å². The number of aromatic amines is 1. The molecule has 0 bridgehead atoms. The first kappa shape index (κ1) is 11.3. The van der Waals surface area contributed by atoms with Gasteiger partial charge in [0.05, 0.1) is 18.4 Å². The number of hydrogen-bond acceptors (Lipinski definition) is 3. The van der Waals surface area contributed by atoms with Gasteiger partial charge in [-0.2, -0.15) is 0 Å². The highest BCUT2D eigenvalue weighted by atomic mass is 16.5. The maximum Gasteiger partial charge on any atom is 0.196 e. The van der Waals surface area contributed by atoms with Gasteiger partial charge in [-0.15, -0.1) is 0 Å². The topological polar surface area (TPSA) is 68.1 Å². The van der Waals surface area contributed by atoms with Crippen LogP contribution in [0.3, 0.4) is 0 Å². The average molecular weight is 230 g/mol. The molecule has 0 radical (unpaired) electrons. The molecule has 0 saturated heterocycles. The van der Waals surface area contributed by atoms with Gasteiger partial charge in [0.1, 0.15) is 5.75 Å². The Balaban J connectivity index is 2.37. The third-order valence-corrected chi connectivity index (χ3v) is 2.69. The van der Waals surface area contributed by atoms with Gasteiger partial charge < -0.3 is 15.5 Å². The Labute approximate surface area is 99.4 Å². The lowest BCUT2D eigenvalue weighted by Crippen LogP contribution is -2.04. The molecule has 17 heavy (non-hydrogen) atoms. The normalized spacial score (nSPS) is 10.2. The second-order valence-corrected chi connectivity index (χ2v) is 3.80. The van der Waals surface area contributed by atoms with Crippen LogP contribution in [0.15, 0.2) is 30.5 Å². The Kier molecular flexibility index (Phi) is 2.87. The van der Waals surface area contributed by atoms with E-state index < -0.39 is 0 Å². The maximum atomic E-state index is 12.2. The summed E-state index contributed by atoms with van der Waals surface area (Å²) >= 11 is 0. The van der Waals surface area contributed by atoms with Gasteiger partial charge in [0.2, 0.25) is 0 Å². The third kappa shape index (κ3) is 2.01. The maximum absolute atomic E-state index is 12.2. The number of hydrogen-bond donors (Lipinski definition) is 2. The first-order valence-corrected chi connectivity index (χ1v) is 5.25. The molecule has 0 aliphatic carbocycles. The zero-order valence-electron chi connectivity index (χ0n) is 9.78. The van der Waals surface area contributed by atoms with E-state index in [0.29, 0.717) is 16.8 Å². The van der Waals surface area contributed by atoms with Crippen molar-refractivity contribution in [3.8, 4) is 5.75 Å². The van der Waals surface area contributed by atoms with E-state index in [1.54, 1.807) is 37.6 Å². The van der Waals surface area contributed by atoms with Crippen molar-refractivity contribution >= 4 is 11.5 Å². The lowest BCUT2D eigenvalue weighted by molar-refractivity contribution is 0.103. The number of rotatable bonds is 3. The number of nitrogens with two attached hydrogens (primary N) is 1. The molecule has 0 fully saturated rings. The standard InChI is InChI=1S/C13H14N2O2/c1-8-12(11(14)7-15-8)13(16)9-3-5-10(17-2)6-4-9/h3-7,15H,14H2,1-2H3. The molecule has 1 heterocycles. The van der Waals surface area contributed by atoms with Crippen LogP contribution >= 0.6 is 0 Å². The van der Waals surface area contributed by atoms with Gasteiger partial charge in [0, 0.05) is 17.5 Å². The van der Waals surface area contributed by atoms with Crippen LogP contribution in [0.1, 0.15) is 21.6 Å². The van der Waals surface area contributed by atoms with Crippen LogP contribution in [-0.4, -0.2) is 17.9 Å². The van der Waals surface area contributed by atoms with Crippen molar-refractivity contribution in [2.45, 2.75) is 6.92 Å². The van der Waals surface area contributed by atoms with Gasteiger partial charge in [0.15, 0.2) is 5.78 Å². The Morgan fingerprint density at radius 3 is 2.41 bits per heavy atom. The van der Waals surface area contributed by atoms with Crippen LogP contribution in [0.25, 0.3) is 0 Å². The number of aromatic nitrogens is 1. The van der Waals surface area contributed by atoms with Crippen molar-refractivity contribution in [1.82, 2.24) is 4.98 Å². The average Bonchev–Trinajstić information content (AvgIpc) is 2.68.